The standard InChI is InChI=1S/C24H22N4O6/c1-14-9-8-12-27-22(14)25-18(15-10-6-5-7-11-15)23(27)26-24(29)16-13-17(32-2)20(33-3)21(34-4)19(16)28(30)31/h5-13H,1-4H3,(H,26,29). The van der Waals surface area contributed by atoms with Crippen LogP contribution in [0.5, 0.6) is 17.2 Å². The van der Waals surface area contributed by atoms with E-state index in [1.807, 2.05) is 49.4 Å². The van der Waals surface area contributed by atoms with Crippen LogP contribution in [0.15, 0.2) is 54.7 Å². The summed E-state index contributed by atoms with van der Waals surface area (Å²) in [5, 5.41) is 14.8. The molecule has 0 atom stereocenters. The lowest BCUT2D eigenvalue weighted by atomic mass is 10.1. The van der Waals surface area contributed by atoms with Crippen molar-refractivity contribution >= 4 is 23.1 Å². The number of nitro benzene ring substituents is 1. The van der Waals surface area contributed by atoms with Gasteiger partial charge in [0.2, 0.25) is 11.5 Å². The number of nitrogens with zero attached hydrogens (tertiary/aromatic N) is 3. The number of aromatic nitrogens is 2. The number of ether oxygens (including phenoxy) is 3. The van der Waals surface area contributed by atoms with Crippen molar-refractivity contribution in [3.05, 3.63) is 76.0 Å². The number of anilines is 1. The Labute approximate surface area is 194 Å². The maximum atomic E-state index is 13.5. The van der Waals surface area contributed by atoms with Gasteiger partial charge >= 0.3 is 5.69 Å². The Morgan fingerprint density at radius 1 is 1.03 bits per heavy atom. The average Bonchev–Trinajstić information content (AvgIpc) is 3.22. The van der Waals surface area contributed by atoms with Gasteiger partial charge in [-0.1, -0.05) is 36.4 Å². The summed E-state index contributed by atoms with van der Waals surface area (Å²) in [4.78, 5) is 29.5. The molecular weight excluding hydrogens is 440 g/mol. The van der Waals surface area contributed by atoms with Crippen LogP contribution in [-0.2, 0) is 0 Å². The van der Waals surface area contributed by atoms with E-state index >= 15 is 0 Å². The largest absolute Gasteiger partial charge is 0.493 e. The van der Waals surface area contributed by atoms with Crippen LogP contribution in [0, 0.1) is 17.0 Å². The first-order valence-corrected chi connectivity index (χ1v) is 10.2. The summed E-state index contributed by atoms with van der Waals surface area (Å²) in [7, 11) is 3.95. The number of nitro groups is 1. The highest BCUT2D eigenvalue weighted by Gasteiger charge is 2.33. The predicted molar refractivity (Wildman–Crippen MR) is 126 cm³/mol. The zero-order valence-corrected chi connectivity index (χ0v) is 19.0. The molecule has 0 saturated carbocycles. The molecule has 0 bridgehead atoms. The third kappa shape index (κ3) is 3.75. The summed E-state index contributed by atoms with van der Waals surface area (Å²) >= 11 is 0. The number of aryl methyl sites for hydroxylation is 1. The van der Waals surface area contributed by atoms with Crippen LogP contribution < -0.4 is 19.5 Å². The first-order chi connectivity index (χ1) is 16.4. The number of carbonyl (C=O) groups is 1. The summed E-state index contributed by atoms with van der Waals surface area (Å²) in [5.74, 6) is -0.435. The Balaban J connectivity index is 1.91. The van der Waals surface area contributed by atoms with Crippen molar-refractivity contribution in [3.63, 3.8) is 0 Å². The van der Waals surface area contributed by atoms with Crippen molar-refractivity contribution in [1.82, 2.24) is 9.38 Å². The van der Waals surface area contributed by atoms with E-state index in [1.54, 1.807) is 10.6 Å². The lowest BCUT2D eigenvalue weighted by Crippen LogP contribution is -2.17. The van der Waals surface area contributed by atoms with Gasteiger partial charge in [0.25, 0.3) is 5.91 Å². The molecule has 0 saturated heterocycles. The van der Waals surface area contributed by atoms with Crippen LogP contribution >= 0.6 is 0 Å². The van der Waals surface area contributed by atoms with Gasteiger partial charge in [-0.25, -0.2) is 4.98 Å². The average molecular weight is 462 g/mol. The molecule has 10 heteroatoms. The van der Waals surface area contributed by atoms with Crippen LogP contribution in [0.2, 0.25) is 0 Å². The Hall–Kier alpha value is -4.60. The SMILES string of the molecule is COc1cc(C(=O)Nc2c(-c3ccccc3)nc3c(C)cccn23)c([N+](=O)[O-])c(OC)c1OC. The highest BCUT2D eigenvalue weighted by Crippen LogP contribution is 2.46. The van der Waals surface area contributed by atoms with Crippen molar-refractivity contribution in [2.45, 2.75) is 6.92 Å². The van der Waals surface area contributed by atoms with Gasteiger partial charge in [0.1, 0.15) is 22.7 Å². The molecule has 1 N–H and O–H groups in total. The normalized spacial score (nSPS) is 10.7. The summed E-state index contributed by atoms with van der Waals surface area (Å²) in [6.45, 7) is 1.91. The number of carbonyl (C=O) groups excluding carboxylic acids is 1. The van der Waals surface area contributed by atoms with Crippen molar-refractivity contribution in [2.24, 2.45) is 0 Å². The lowest BCUT2D eigenvalue weighted by molar-refractivity contribution is -0.386. The van der Waals surface area contributed by atoms with Crippen LogP contribution in [-0.4, -0.2) is 41.5 Å². The molecule has 1 amide bonds. The number of fused-ring (bicyclic) bond motifs is 1. The van der Waals surface area contributed by atoms with E-state index in [0.717, 1.165) is 11.1 Å². The molecule has 10 nitrogen and oxygen atoms in total. The van der Waals surface area contributed by atoms with E-state index in [4.69, 9.17) is 19.2 Å². The van der Waals surface area contributed by atoms with E-state index in [1.165, 1.54) is 27.4 Å². The summed E-state index contributed by atoms with van der Waals surface area (Å²) < 4.78 is 17.5. The number of methoxy groups -OCH3 is 3. The molecule has 174 valence electrons. The lowest BCUT2D eigenvalue weighted by Gasteiger charge is -2.15. The van der Waals surface area contributed by atoms with Crippen LogP contribution in [0.25, 0.3) is 16.9 Å². The number of pyridine rings is 1. The fourth-order valence-corrected chi connectivity index (χ4v) is 3.79. The second-order valence-corrected chi connectivity index (χ2v) is 7.31. The second-order valence-electron chi connectivity index (χ2n) is 7.31. The molecule has 4 rings (SSSR count). The molecule has 2 heterocycles. The van der Waals surface area contributed by atoms with E-state index in [9.17, 15) is 14.9 Å². The van der Waals surface area contributed by atoms with E-state index in [-0.39, 0.29) is 22.8 Å². The van der Waals surface area contributed by atoms with Crippen LogP contribution in [0.3, 0.4) is 0 Å². The maximum Gasteiger partial charge on any atom is 0.327 e. The molecule has 0 aliphatic heterocycles. The van der Waals surface area contributed by atoms with Gasteiger partial charge in [0.15, 0.2) is 5.75 Å². The van der Waals surface area contributed by atoms with Crippen molar-refractivity contribution in [3.8, 4) is 28.5 Å². The molecule has 34 heavy (non-hydrogen) atoms. The number of nitrogens with one attached hydrogen (secondary N) is 1. The fourth-order valence-electron chi connectivity index (χ4n) is 3.79. The summed E-state index contributed by atoms with van der Waals surface area (Å²) in [6, 6.07) is 14.3. The van der Waals surface area contributed by atoms with E-state index < -0.39 is 16.5 Å². The Bertz CT molecular complexity index is 1400. The molecular formula is C24H22N4O6. The second kappa shape index (κ2) is 9.10. The smallest absolute Gasteiger partial charge is 0.327 e. The van der Waals surface area contributed by atoms with Crippen LogP contribution in [0.4, 0.5) is 11.5 Å². The van der Waals surface area contributed by atoms with Crippen molar-refractivity contribution in [2.75, 3.05) is 26.6 Å². The van der Waals surface area contributed by atoms with Gasteiger partial charge in [-0.2, -0.15) is 0 Å². The van der Waals surface area contributed by atoms with Gasteiger partial charge in [0, 0.05) is 17.8 Å². The minimum atomic E-state index is -0.730. The molecule has 2 aromatic heterocycles. The molecule has 0 aliphatic rings. The molecule has 0 fully saturated rings. The van der Waals surface area contributed by atoms with Crippen molar-refractivity contribution < 1.29 is 23.9 Å². The van der Waals surface area contributed by atoms with Gasteiger partial charge in [-0.15, -0.1) is 0 Å². The van der Waals surface area contributed by atoms with Gasteiger partial charge in [-0.05, 0) is 18.6 Å². The Kier molecular flexibility index (Phi) is 6.05. The summed E-state index contributed by atoms with van der Waals surface area (Å²) in [5.41, 5.74) is 2.07. The zero-order valence-electron chi connectivity index (χ0n) is 19.0. The highest BCUT2D eigenvalue weighted by molar-refractivity contribution is 6.09. The first-order valence-electron chi connectivity index (χ1n) is 10.2. The quantitative estimate of drug-likeness (QED) is 0.317. The molecule has 2 aromatic carbocycles. The van der Waals surface area contributed by atoms with E-state index in [0.29, 0.717) is 17.2 Å². The van der Waals surface area contributed by atoms with Gasteiger partial charge in [-0.3, -0.25) is 19.3 Å². The number of imidazole rings is 1. The first kappa shape index (κ1) is 22.6. The fraction of sp³-hybridized carbons (Fsp3) is 0.167. The molecule has 0 spiro atoms. The zero-order chi connectivity index (χ0) is 24.4. The van der Waals surface area contributed by atoms with Crippen molar-refractivity contribution in [1.29, 1.82) is 0 Å². The third-order valence-electron chi connectivity index (χ3n) is 5.36. The Morgan fingerprint density at radius 3 is 2.35 bits per heavy atom. The molecule has 0 unspecified atom stereocenters. The highest BCUT2D eigenvalue weighted by atomic mass is 16.6. The predicted octanol–water partition coefficient (Wildman–Crippen LogP) is 4.50. The number of hydrogen-bond acceptors (Lipinski definition) is 7. The maximum absolute atomic E-state index is 13.5. The topological polar surface area (TPSA) is 117 Å². The Morgan fingerprint density at radius 2 is 1.74 bits per heavy atom. The molecule has 0 aliphatic carbocycles. The molecule has 4 aromatic rings. The number of rotatable bonds is 7. The van der Waals surface area contributed by atoms with Gasteiger partial charge < -0.3 is 19.5 Å². The molecule has 0 radical (unpaired) electrons. The van der Waals surface area contributed by atoms with E-state index in [2.05, 4.69) is 5.32 Å². The van der Waals surface area contributed by atoms with Crippen LogP contribution in [0.1, 0.15) is 15.9 Å². The van der Waals surface area contributed by atoms with Gasteiger partial charge in [0.05, 0.1) is 26.3 Å². The third-order valence-corrected chi connectivity index (χ3v) is 5.36. The number of hydrogen-bond donors (Lipinski definition) is 1. The number of amides is 1. The minimum Gasteiger partial charge on any atom is -0.493 e. The number of benzene rings is 2. The summed E-state index contributed by atoms with van der Waals surface area (Å²) in [6.07, 6.45) is 1.76. The minimum absolute atomic E-state index is 0.0173. The monoisotopic (exact) mass is 462 g/mol.